The second-order valence-electron chi connectivity index (χ2n) is 5.16. The van der Waals surface area contributed by atoms with E-state index in [1.54, 1.807) is 12.1 Å². The molecule has 2 unspecified atom stereocenters. The molecule has 3 rings (SSSR count). The summed E-state index contributed by atoms with van der Waals surface area (Å²) >= 11 is 8.12. The van der Waals surface area contributed by atoms with Crippen LogP contribution in [0.5, 0.6) is 0 Å². The Morgan fingerprint density at radius 2 is 1.95 bits per heavy atom. The van der Waals surface area contributed by atoms with Crippen molar-refractivity contribution in [1.82, 2.24) is 0 Å². The number of nitrogens with two attached hydrogens (primary N) is 1. The van der Waals surface area contributed by atoms with Gasteiger partial charge in [0.25, 0.3) is 0 Å². The summed E-state index contributed by atoms with van der Waals surface area (Å²) in [6.45, 7) is 0. The minimum absolute atomic E-state index is 0.181. The van der Waals surface area contributed by atoms with Crippen LogP contribution in [0.4, 0.5) is 10.1 Å². The Hall–Kier alpha value is -1.46. The molecular weight excluding hydrogens is 351 g/mol. The number of thiocarbonyl (C=S) groups is 1. The molecule has 0 radical (unpaired) electrons. The fourth-order valence-corrected chi connectivity index (χ4v) is 3.33. The Balaban J connectivity index is 1.76. The molecule has 21 heavy (non-hydrogen) atoms. The van der Waals surface area contributed by atoms with E-state index in [0.29, 0.717) is 21.6 Å². The summed E-state index contributed by atoms with van der Waals surface area (Å²) in [6.07, 6.45) is 1.01. The highest BCUT2D eigenvalue weighted by Crippen LogP contribution is 2.43. The Kier molecular flexibility index (Phi) is 3.95. The highest BCUT2D eigenvalue weighted by Gasteiger charge is 2.38. The predicted molar refractivity (Wildman–Crippen MR) is 91.2 cm³/mol. The average molecular weight is 365 g/mol. The number of nitrogens with one attached hydrogen (secondary N) is 1. The fraction of sp³-hybridized carbons (Fsp3) is 0.188. The quantitative estimate of drug-likeness (QED) is 0.798. The van der Waals surface area contributed by atoms with Crippen molar-refractivity contribution in [3.05, 3.63) is 63.9 Å². The van der Waals surface area contributed by atoms with Crippen molar-refractivity contribution >= 4 is 38.8 Å². The van der Waals surface area contributed by atoms with E-state index in [9.17, 15) is 4.39 Å². The molecule has 1 aliphatic rings. The molecular formula is C16H14BrFN2S. The molecule has 5 heteroatoms. The lowest BCUT2D eigenvalue weighted by Gasteiger charge is -2.11. The van der Waals surface area contributed by atoms with Gasteiger partial charge in [-0.25, -0.2) is 4.39 Å². The maximum Gasteiger partial charge on any atom is 0.161 e. The Morgan fingerprint density at radius 3 is 2.62 bits per heavy atom. The molecule has 0 aromatic heterocycles. The SMILES string of the molecule is NC(=S)c1ccc(NC2CC2c2ccccc2)c(F)c1Br. The van der Waals surface area contributed by atoms with Crippen LogP contribution < -0.4 is 11.1 Å². The van der Waals surface area contributed by atoms with E-state index in [1.165, 1.54) is 5.56 Å². The number of rotatable bonds is 4. The number of hydrogen-bond donors (Lipinski definition) is 2. The van der Waals surface area contributed by atoms with Crippen molar-refractivity contribution in [2.45, 2.75) is 18.4 Å². The first-order chi connectivity index (χ1) is 10.1. The second-order valence-corrected chi connectivity index (χ2v) is 6.39. The first-order valence-corrected chi connectivity index (χ1v) is 7.87. The molecule has 0 spiro atoms. The van der Waals surface area contributed by atoms with Gasteiger partial charge in [-0.15, -0.1) is 0 Å². The standard InChI is InChI=1S/C16H14BrFN2S/c17-14-10(16(19)21)6-7-12(15(14)18)20-13-8-11(13)9-4-2-1-3-5-9/h1-7,11,13,20H,8H2,(H2,19,21). The first kappa shape index (κ1) is 14.5. The van der Waals surface area contributed by atoms with Crippen molar-refractivity contribution in [3.63, 3.8) is 0 Å². The topological polar surface area (TPSA) is 38.0 Å². The summed E-state index contributed by atoms with van der Waals surface area (Å²) in [4.78, 5) is 0.181. The molecule has 1 fully saturated rings. The zero-order valence-corrected chi connectivity index (χ0v) is 13.5. The van der Waals surface area contributed by atoms with Gasteiger partial charge in [-0.2, -0.15) is 0 Å². The largest absolute Gasteiger partial charge is 0.389 e. The molecule has 2 aromatic rings. The highest BCUT2D eigenvalue weighted by atomic mass is 79.9. The molecule has 1 aliphatic carbocycles. The monoisotopic (exact) mass is 364 g/mol. The summed E-state index contributed by atoms with van der Waals surface area (Å²) in [5.74, 6) is 0.0960. The molecule has 108 valence electrons. The zero-order valence-electron chi connectivity index (χ0n) is 11.1. The van der Waals surface area contributed by atoms with Crippen molar-refractivity contribution < 1.29 is 4.39 Å². The Labute approximate surface area is 136 Å². The highest BCUT2D eigenvalue weighted by molar-refractivity contribution is 9.10. The van der Waals surface area contributed by atoms with Crippen LogP contribution in [0.1, 0.15) is 23.5 Å². The number of anilines is 1. The van der Waals surface area contributed by atoms with Crippen molar-refractivity contribution in [2.24, 2.45) is 5.73 Å². The minimum Gasteiger partial charge on any atom is -0.389 e. The summed E-state index contributed by atoms with van der Waals surface area (Å²) in [5, 5.41) is 3.25. The van der Waals surface area contributed by atoms with Crippen LogP contribution >= 0.6 is 28.1 Å². The summed E-state index contributed by atoms with van der Waals surface area (Å²) in [6, 6.07) is 14.0. The minimum atomic E-state index is -0.348. The normalized spacial score (nSPS) is 20.1. The number of halogens is 2. The number of hydrogen-bond acceptors (Lipinski definition) is 2. The molecule has 0 amide bonds. The summed E-state index contributed by atoms with van der Waals surface area (Å²) in [7, 11) is 0. The van der Waals surface area contributed by atoms with Crippen molar-refractivity contribution in [1.29, 1.82) is 0 Å². The maximum absolute atomic E-state index is 14.3. The van der Waals surface area contributed by atoms with Gasteiger partial charge in [0, 0.05) is 17.5 Å². The van der Waals surface area contributed by atoms with Gasteiger partial charge in [0.1, 0.15) is 4.99 Å². The molecule has 1 saturated carbocycles. The molecule has 2 atom stereocenters. The summed E-state index contributed by atoms with van der Waals surface area (Å²) in [5.41, 5.74) is 7.84. The van der Waals surface area contributed by atoms with E-state index in [2.05, 4.69) is 33.4 Å². The molecule has 0 saturated heterocycles. The smallest absolute Gasteiger partial charge is 0.161 e. The zero-order chi connectivity index (χ0) is 15.0. The Bertz CT molecular complexity index is 690. The van der Waals surface area contributed by atoms with E-state index in [0.717, 1.165) is 6.42 Å². The van der Waals surface area contributed by atoms with Crippen LogP contribution in [-0.4, -0.2) is 11.0 Å². The lowest BCUT2D eigenvalue weighted by atomic mass is 10.1. The van der Waals surface area contributed by atoms with Crippen LogP contribution in [0.3, 0.4) is 0 Å². The molecule has 0 heterocycles. The third-order valence-electron chi connectivity index (χ3n) is 3.71. The van der Waals surface area contributed by atoms with Gasteiger partial charge in [0.15, 0.2) is 5.82 Å². The third kappa shape index (κ3) is 2.94. The van der Waals surface area contributed by atoms with E-state index in [1.807, 2.05) is 18.2 Å². The molecule has 2 nitrogen and oxygen atoms in total. The van der Waals surface area contributed by atoms with Crippen molar-refractivity contribution in [3.8, 4) is 0 Å². The average Bonchev–Trinajstić information content (AvgIpc) is 3.24. The van der Waals surface area contributed by atoms with E-state index >= 15 is 0 Å². The lowest BCUT2D eigenvalue weighted by Crippen LogP contribution is -2.12. The Morgan fingerprint density at radius 1 is 1.24 bits per heavy atom. The van der Waals surface area contributed by atoms with E-state index in [4.69, 9.17) is 18.0 Å². The van der Waals surface area contributed by atoms with Crippen LogP contribution in [0.15, 0.2) is 46.9 Å². The van der Waals surface area contributed by atoms with Gasteiger partial charge in [0.05, 0.1) is 10.2 Å². The van der Waals surface area contributed by atoms with Gasteiger partial charge in [0.2, 0.25) is 0 Å². The first-order valence-electron chi connectivity index (χ1n) is 6.67. The van der Waals surface area contributed by atoms with Gasteiger partial charge >= 0.3 is 0 Å². The number of benzene rings is 2. The van der Waals surface area contributed by atoms with Crippen LogP contribution in [0.2, 0.25) is 0 Å². The molecule has 0 aliphatic heterocycles. The van der Waals surface area contributed by atoms with E-state index in [-0.39, 0.29) is 16.8 Å². The maximum atomic E-state index is 14.3. The third-order valence-corrected chi connectivity index (χ3v) is 4.70. The van der Waals surface area contributed by atoms with Gasteiger partial charge in [-0.3, -0.25) is 0 Å². The summed E-state index contributed by atoms with van der Waals surface area (Å²) < 4.78 is 14.6. The lowest BCUT2D eigenvalue weighted by molar-refractivity contribution is 0.623. The van der Waals surface area contributed by atoms with Crippen LogP contribution in [0, 0.1) is 5.82 Å². The van der Waals surface area contributed by atoms with Gasteiger partial charge in [-0.1, -0.05) is 42.5 Å². The molecule has 3 N–H and O–H groups in total. The molecule has 0 bridgehead atoms. The van der Waals surface area contributed by atoms with Crippen LogP contribution in [-0.2, 0) is 0 Å². The predicted octanol–water partition coefficient (Wildman–Crippen LogP) is 4.19. The van der Waals surface area contributed by atoms with Gasteiger partial charge < -0.3 is 11.1 Å². The second kappa shape index (κ2) is 5.73. The van der Waals surface area contributed by atoms with Gasteiger partial charge in [-0.05, 0) is 40.0 Å². The molecule has 2 aromatic carbocycles. The fourth-order valence-electron chi connectivity index (χ4n) is 2.47. The van der Waals surface area contributed by atoms with Crippen molar-refractivity contribution in [2.75, 3.05) is 5.32 Å². The van der Waals surface area contributed by atoms with E-state index < -0.39 is 0 Å². The van der Waals surface area contributed by atoms with Crippen LogP contribution in [0.25, 0.3) is 0 Å².